The molecule has 1 amide bonds. The van der Waals surface area contributed by atoms with Gasteiger partial charge in [-0.1, -0.05) is 6.92 Å². The first-order chi connectivity index (χ1) is 18.9. The van der Waals surface area contributed by atoms with Gasteiger partial charge in [0.15, 0.2) is 17.3 Å². The fourth-order valence-corrected chi connectivity index (χ4v) is 4.81. The molecule has 2 N–H and O–H groups in total. The molecule has 0 fully saturated rings. The van der Waals surface area contributed by atoms with Gasteiger partial charge in [0.05, 0.1) is 11.4 Å². The monoisotopic (exact) mass is 545 g/mol. The van der Waals surface area contributed by atoms with Crippen LogP contribution in [0, 0.1) is 0 Å². The van der Waals surface area contributed by atoms with E-state index in [0.29, 0.717) is 5.69 Å². The molecule has 0 atom stereocenters. The van der Waals surface area contributed by atoms with Crippen molar-refractivity contribution in [2.24, 2.45) is 14.1 Å². The van der Waals surface area contributed by atoms with Crippen LogP contribution >= 0.6 is 0 Å². The first kappa shape index (κ1) is 30.1. The van der Waals surface area contributed by atoms with Gasteiger partial charge < -0.3 is 24.3 Å². The number of benzene rings is 1. The number of hydrogen-bond acceptors (Lipinski definition) is 5. The molecular weight excluding hydrogens is 506 g/mol. The van der Waals surface area contributed by atoms with Crippen molar-refractivity contribution in [3.63, 3.8) is 0 Å². The van der Waals surface area contributed by atoms with Gasteiger partial charge in [-0.3, -0.25) is 19.2 Å². The maximum atomic E-state index is 11.5. The van der Waals surface area contributed by atoms with Gasteiger partial charge in [0.2, 0.25) is 5.91 Å². The number of carbonyl (C=O) groups is 4. The number of rotatable bonds is 5. The lowest BCUT2D eigenvalue weighted by Gasteiger charge is -2.14. The number of fused-ring (bicyclic) bond motifs is 3. The molecule has 0 unspecified atom stereocenters. The quantitative estimate of drug-likeness (QED) is 0.329. The Morgan fingerprint density at radius 2 is 1.60 bits per heavy atom. The highest BCUT2D eigenvalue weighted by molar-refractivity contribution is 6.03. The fourth-order valence-electron chi connectivity index (χ4n) is 4.81. The normalized spacial score (nSPS) is 11.8. The zero-order chi connectivity index (χ0) is 29.7. The molecule has 0 aliphatic carbocycles. The van der Waals surface area contributed by atoms with Crippen molar-refractivity contribution < 1.29 is 19.2 Å². The summed E-state index contributed by atoms with van der Waals surface area (Å²) in [7, 11) is 5.63. The number of carbonyl (C=O) groups excluding carboxylic acids is 4. The third-order valence-electron chi connectivity index (χ3n) is 7.02. The van der Waals surface area contributed by atoms with Crippen LogP contribution in [0.5, 0.6) is 0 Å². The molecule has 4 aromatic rings. The first-order valence-corrected chi connectivity index (χ1v) is 13.3. The first-order valence-electron chi connectivity index (χ1n) is 13.3. The Kier molecular flexibility index (Phi) is 9.52. The molecule has 1 aliphatic rings. The highest BCUT2D eigenvalue weighted by Crippen LogP contribution is 2.34. The number of H-pyrrole nitrogens is 1. The van der Waals surface area contributed by atoms with Crippen LogP contribution in [-0.2, 0) is 31.7 Å². The lowest BCUT2D eigenvalue weighted by atomic mass is 10.1. The van der Waals surface area contributed by atoms with Crippen LogP contribution in [0.15, 0.2) is 42.7 Å². The fraction of sp³-hybridized carbons (Fsp3) is 0.355. The van der Waals surface area contributed by atoms with Crippen LogP contribution in [0.2, 0.25) is 0 Å². The Hall–Kier alpha value is -4.40. The van der Waals surface area contributed by atoms with E-state index < -0.39 is 0 Å². The second-order valence-electron chi connectivity index (χ2n) is 9.97. The standard InChI is InChI=1S/C14H14N2O2.C9H13NO.C8H12N2O/c1-8(17)13-7-11-10-5-6-16(9(2)18)14(10)4-3-12(11)15-13;1-4-8-5-9(7(2)11)10(3)6-8;1-6(11)7-4-8(9-2)10(3)5-7/h3-4,7,15H,5-6H2,1-2H3;5-6H,4H2,1-3H3;4-5,9H,1-3H3. The highest BCUT2D eigenvalue weighted by atomic mass is 16.2. The molecule has 0 bridgehead atoms. The van der Waals surface area contributed by atoms with Gasteiger partial charge in [-0.25, -0.2) is 0 Å². The minimum Gasteiger partial charge on any atom is -0.375 e. The van der Waals surface area contributed by atoms with Crippen molar-refractivity contribution in [1.29, 1.82) is 0 Å². The third kappa shape index (κ3) is 6.59. The number of aryl methyl sites for hydroxylation is 3. The summed E-state index contributed by atoms with van der Waals surface area (Å²) in [6.07, 6.45) is 5.65. The molecule has 40 heavy (non-hydrogen) atoms. The van der Waals surface area contributed by atoms with Crippen LogP contribution in [0.3, 0.4) is 0 Å². The van der Waals surface area contributed by atoms with E-state index in [4.69, 9.17) is 0 Å². The van der Waals surface area contributed by atoms with E-state index in [-0.39, 0.29) is 23.3 Å². The van der Waals surface area contributed by atoms with Crippen LogP contribution in [-0.4, -0.2) is 51.0 Å². The van der Waals surface area contributed by atoms with Gasteiger partial charge in [-0.05, 0) is 61.2 Å². The number of anilines is 2. The smallest absolute Gasteiger partial charge is 0.223 e. The molecule has 0 radical (unpaired) electrons. The molecule has 212 valence electrons. The van der Waals surface area contributed by atoms with Crippen LogP contribution in [0.4, 0.5) is 11.5 Å². The number of nitrogens with one attached hydrogen (secondary N) is 2. The topological polar surface area (TPSA) is 109 Å². The van der Waals surface area contributed by atoms with E-state index in [1.54, 1.807) is 32.6 Å². The van der Waals surface area contributed by atoms with Crippen molar-refractivity contribution in [2.75, 3.05) is 23.8 Å². The average molecular weight is 546 g/mol. The van der Waals surface area contributed by atoms with E-state index in [0.717, 1.165) is 58.6 Å². The van der Waals surface area contributed by atoms with Crippen molar-refractivity contribution in [1.82, 2.24) is 14.1 Å². The minimum absolute atomic E-state index is 0.0290. The molecule has 3 aromatic heterocycles. The second kappa shape index (κ2) is 12.6. The number of hydrogen-bond donors (Lipinski definition) is 2. The van der Waals surface area contributed by atoms with Crippen molar-refractivity contribution in [3.05, 3.63) is 70.8 Å². The number of amides is 1. The summed E-state index contributed by atoms with van der Waals surface area (Å²) in [6, 6.07) is 9.55. The van der Waals surface area contributed by atoms with Gasteiger partial charge in [0.1, 0.15) is 5.82 Å². The molecule has 0 spiro atoms. The van der Waals surface area contributed by atoms with Gasteiger partial charge in [0, 0.05) is 83.0 Å². The number of aromatic nitrogens is 3. The minimum atomic E-state index is 0.0290. The summed E-state index contributed by atoms with van der Waals surface area (Å²) in [6.45, 7) is 9.09. The molecule has 4 heterocycles. The summed E-state index contributed by atoms with van der Waals surface area (Å²) >= 11 is 0. The zero-order valence-electron chi connectivity index (χ0n) is 24.6. The summed E-state index contributed by atoms with van der Waals surface area (Å²) in [4.78, 5) is 49.7. The Bertz CT molecular complexity index is 1570. The van der Waals surface area contributed by atoms with Gasteiger partial charge in [-0.15, -0.1) is 0 Å². The molecule has 0 saturated heterocycles. The Morgan fingerprint density at radius 1 is 0.900 bits per heavy atom. The highest BCUT2D eigenvalue weighted by Gasteiger charge is 2.24. The Labute approximate surface area is 235 Å². The summed E-state index contributed by atoms with van der Waals surface area (Å²) in [5, 5.41) is 4.04. The van der Waals surface area contributed by atoms with Crippen LogP contribution < -0.4 is 10.2 Å². The number of Topliss-reactive ketones (excluding diaryl/α,β-unsaturated/α-hetero) is 3. The average Bonchev–Trinajstić information content (AvgIpc) is 3.67. The molecule has 0 saturated carbocycles. The van der Waals surface area contributed by atoms with E-state index in [9.17, 15) is 19.2 Å². The lowest BCUT2D eigenvalue weighted by molar-refractivity contribution is -0.116. The summed E-state index contributed by atoms with van der Waals surface area (Å²) in [5.74, 6) is 1.28. The van der Waals surface area contributed by atoms with Crippen molar-refractivity contribution >= 4 is 45.7 Å². The van der Waals surface area contributed by atoms with Crippen LogP contribution in [0.25, 0.3) is 10.9 Å². The zero-order valence-corrected chi connectivity index (χ0v) is 24.6. The van der Waals surface area contributed by atoms with E-state index in [2.05, 4.69) is 17.2 Å². The van der Waals surface area contributed by atoms with E-state index >= 15 is 0 Å². The Morgan fingerprint density at radius 3 is 2.05 bits per heavy atom. The van der Waals surface area contributed by atoms with E-state index in [1.165, 1.54) is 5.56 Å². The predicted molar refractivity (Wildman–Crippen MR) is 160 cm³/mol. The summed E-state index contributed by atoms with van der Waals surface area (Å²) in [5.41, 5.74) is 6.48. The SMILES string of the molecule is CC(=O)c1cc2c3c(ccc2[nH]1)N(C(C)=O)CC3.CCc1cc(C(C)=O)n(C)c1.CNc1cc(C(C)=O)cn1C. The number of aromatic amines is 1. The van der Waals surface area contributed by atoms with Crippen molar-refractivity contribution in [2.45, 2.75) is 47.5 Å². The molecule has 9 nitrogen and oxygen atoms in total. The number of ketones is 3. The third-order valence-corrected chi connectivity index (χ3v) is 7.02. The van der Waals surface area contributed by atoms with Gasteiger partial charge in [0.25, 0.3) is 0 Å². The maximum Gasteiger partial charge on any atom is 0.223 e. The molecule has 1 aliphatic heterocycles. The largest absolute Gasteiger partial charge is 0.375 e. The van der Waals surface area contributed by atoms with Crippen molar-refractivity contribution in [3.8, 4) is 0 Å². The van der Waals surface area contributed by atoms with Gasteiger partial charge in [-0.2, -0.15) is 0 Å². The molecule has 5 rings (SSSR count). The number of nitrogens with zero attached hydrogens (tertiary/aromatic N) is 3. The molecule has 9 heteroatoms. The predicted octanol–water partition coefficient (Wildman–Crippen LogP) is 5.34. The van der Waals surface area contributed by atoms with Gasteiger partial charge >= 0.3 is 0 Å². The summed E-state index contributed by atoms with van der Waals surface area (Å²) < 4.78 is 3.76. The lowest BCUT2D eigenvalue weighted by Crippen LogP contribution is -2.25. The van der Waals surface area contributed by atoms with Crippen LogP contribution in [0.1, 0.15) is 77.1 Å². The molecule has 1 aromatic carbocycles. The maximum absolute atomic E-state index is 11.5. The second-order valence-corrected chi connectivity index (χ2v) is 9.97. The van der Waals surface area contributed by atoms with E-state index in [1.807, 2.05) is 73.0 Å². The molecular formula is C31H39N5O4. The Balaban J connectivity index is 0.000000175.